The van der Waals surface area contributed by atoms with Gasteiger partial charge in [-0.1, -0.05) is 18.6 Å². The molecule has 0 N–H and O–H groups in total. The van der Waals surface area contributed by atoms with Gasteiger partial charge in [-0.3, -0.25) is 4.79 Å². The summed E-state index contributed by atoms with van der Waals surface area (Å²) in [5.41, 5.74) is 1.69. The highest BCUT2D eigenvalue weighted by atomic mass is 16.1. The zero-order chi connectivity index (χ0) is 9.47. The number of fused-ring (bicyclic) bond motifs is 1. The van der Waals surface area contributed by atoms with Crippen LogP contribution in [0.25, 0.3) is 0 Å². The van der Waals surface area contributed by atoms with Gasteiger partial charge in [0.1, 0.15) is 5.78 Å². The predicted octanol–water partition coefficient (Wildman–Crippen LogP) is 3.10. The lowest BCUT2D eigenvalue weighted by Gasteiger charge is -2.41. The van der Waals surface area contributed by atoms with E-state index in [0.29, 0.717) is 11.7 Å². The maximum atomic E-state index is 11.7. The van der Waals surface area contributed by atoms with Crippen LogP contribution in [0.4, 0.5) is 0 Å². The van der Waals surface area contributed by atoms with Gasteiger partial charge in [-0.2, -0.15) is 0 Å². The predicted molar refractivity (Wildman–Crippen MR) is 53.4 cm³/mol. The molecule has 2 aliphatic rings. The molecule has 0 unspecified atom stereocenters. The molecule has 0 aliphatic heterocycles. The molecule has 2 aliphatic carbocycles. The Hall–Kier alpha value is -0.590. The zero-order valence-corrected chi connectivity index (χ0v) is 8.60. The van der Waals surface area contributed by atoms with E-state index < -0.39 is 0 Å². The molecule has 0 bridgehead atoms. The van der Waals surface area contributed by atoms with Crippen LogP contribution >= 0.6 is 0 Å². The normalized spacial score (nSPS) is 39.7. The maximum absolute atomic E-state index is 11.7. The van der Waals surface area contributed by atoms with Gasteiger partial charge in [0.25, 0.3) is 0 Å². The summed E-state index contributed by atoms with van der Waals surface area (Å²) in [6.45, 7) is 4.46. The topological polar surface area (TPSA) is 17.1 Å². The number of carbonyl (C=O) groups excluding carboxylic acids is 1. The van der Waals surface area contributed by atoms with Gasteiger partial charge in [0.2, 0.25) is 0 Å². The van der Waals surface area contributed by atoms with Crippen molar-refractivity contribution < 1.29 is 4.79 Å². The van der Waals surface area contributed by atoms with Crippen LogP contribution in [0.5, 0.6) is 0 Å². The van der Waals surface area contributed by atoms with Crippen molar-refractivity contribution in [1.82, 2.24) is 0 Å². The van der Waals surface area contributed by atoms with Crippen LogP contribution in [-0.4, -0.2) is 5.78 Å². The Morgan fingerprint density at radius 2 is 2.23 bits per heavy atom. The molecule has 1 nitrogen and oxygen atoms in total. The lowest BCUT2D eigenvalue weighted by atomic mass is 9.62. The summed E-state index contributed by atoms with van der Waals surface area (Å²) in [5, 5.41) is 0. The van der Waals surface area contributed by atoms with Crippen molar-refractivity contribution in [3.8, 4) is 0 Å². The zero-order valence-electron chi connectivity index (χ0n) is 8.60. The Balaban J connectivity index is 2.31. The number of hydrogen-bond donors (Lipinski definition) is 0. The van der Waals surface area contributed by atoms with Gasteiger partial charge < -0.3 is 0 Å². The summed E-state index contributed by atoms with van der Waals surface area (Å²) in [7, 11) is 0. The van der Waals surface area contributed by atoms with Gasteiger partial charge in [-0.15, -0.1) is 0 Å². The Morgan fingerprint density at radius 1 is 1.46 bits per heavy atom. The van der Waals surface area contributed by atoms with Crippen molar-refractivity contribution in [1.29, 1.82) is 0 Å². The number of Topliss-reactive ketones (excluding diaryl/α,β-unsaturated/α-hetero) is 1. The third-order valence-electron chi connectivity index (χ3n) is 3.73. The van der Waals surface area contributed by atoms with Crippen LogP contribution in [0.2, 0.25) is 0 Å². The van der Waals surface area contributed by atoms with Crippen molar-refractivity contribution in [3.05, 3.63) is 11.6 Å². The molecule has 1 fully saturated rings. The van der Waals surface area contributed by atoms with Gasteiger partial charge >= 0.3 is 0 Å². The molecule has 2 atom stereocenters. The van der Waals surface area contributed by atoms with Gasteiger partial charge in [-0.05, 0) is 38.0 Å². The first-order valence-corrected chi connectivity index (χ1v) is 5.33. The number of carbonyl (C=O) groups is 1. The van der Waals surface area contributed by atoms with Crippen molar-refractivity contribution in [2.75, 3.05) is 0 Å². The Labute approximate surface area is 80.2 Å². The van der Waals surface area contributed by atoms with Gasteiger partial charge in [0.05, 0.1) is 0 Å². The molecule has 1 heteroatoms. The molecular formula is C12H18O. The molecule has 1 saturated carbocycles. The first-order valence-electron chi connectivity index (χ1n) is 5.33. The standard InChI is InChI=1S/C12H18O/c1-9-5-6-10-11(13)4-3-7-12(10,2)8-9/h8,10H,3-7H2,1-2H3/t10-,12+/m0/s1. The molecule has 0 saturated heterocycles. The molecule has 0 radical (unpaired) electrons. The van der Waals surface area contributed by atoms with Crippen molar-refractivity contribution in [2.24, 2.45) is 11.3 Å². The molecule has 0 aromatic rings. The van der Waals surface area contributed by atoms with Crippen LogP contribution in [0.3, 0.4) is 0 Å². The quantitative estimate of drug-likeness (QED) is 0.521. The molecule has 0 aromatic heterocycles. The van der Waals surface area contributed by atoms with Crippen molar-refractivity contribution in [3.63, 3.8) is 0 Å². The van der Waals surface area contributed by atoms with E-state index in [1.807, 2.05) is 0 Å². The van der Waals surface area contributed by atoms with E-state index in [4.69, 9.17) is 0 Å². The van der Waals surface area contributed by atoms with Crippen LogP contribution < -0.4 is 0 Å². The highest BCUT2D eigenvalue weighted by Gasteiger charge is 2.41. The lowest BCUT2D eigenvalue weighted by molar-refractivity contribution is -0.129. The summed E-state index contributed by atoms with van der Waals surface area (Å²) in [6.07, 6.45) is 7.71. The lowest BCUT2D eigenvalue weighted by Crippen LogP contribution is -2.38. The third kappa shape index (κ3) is 1.45. The molecular weight excluding hydrogens is 160 g/mol. The average Bonchev–Trinajstić information content (AvgIpc) is 2.02. The second kappa shape index (κ2) is 2.97. The molecule has 0 heterocycles. The Morgan fingerprint density at radius 3 is 3.00 bits per heavy atom. The van der Waals surface area contributed by atoms with Crippen LogP contribution in [0, 0.1) is 11.3 Å². The summed E-state index contributed by atoms with van der Waals surface area (Å²) >= 11 is 0. The van der Waals surface area contributed by atoms with E-state index in [1.165, 1.54) is 12.0 Å². The van der Waals surface area contributed by atoms with Gasteiger partial charge in [0.15, 0.2) is 0 Å². The second-order valence-corrected chi connectivity index (χ2v) is 4.91. The monoisotopic (exact) mass is 178 g/mol. The Kier molecular flexibility index (Phi) is 2.05. The number of hydrogen-bond acceptors (Lipinski definition) is 1. The first-order chi connectivity index (χ1) is 6.12. The highest BCUT2D eigenvalue weighted by Crippen LogP contribution is 2.46. The SMILES string of the molecule is CC1=C[C@@]2(C)CCCC(=O)[C@@H]2CC1. The average molecular weight is 178 g/mol. The van der Waals surface area contributed by atoms with E-state index in [2.05, 4.69) is 19.9 Å². The summed E-state index contributed by atoms with van der Waals surface area (Å²) in [6, 6.07) is 0. The first kappa shape index (κ1) is 8.98. The summed E-state index contributed by atoms with van der Waals surface area (Å²) in [4.78, 5) is 11.7. The fraction of sp³-hybridized carbons (Fsp3) is 0.750. The van der Waals surface area contributed by atoms with Crippen LogP contribution in [-0.2, 0) is 4.79 Å². The van der Waals surface area contributed by atoms with E-state index in [9.17, 15) is 4.79 Å². The maximum Gasteiger partial charge on any atom is 0.136 e. The highest BCUT2D eigenvalue weighted by molar-refractivity contribution is 5.83. The number of allylic oxidation sites excluding steroid dienone is 2. The minimum Gasteiger partial charge on any atom is -0.299 e. The minimum absolute atomic E-state index is 0.206. The third-order valence-corrected chi connectivity index (χ3v) is 3.73. The Bertz CT molecular complexity index is 264. The number of ketones is 1. The van der Waals surface area contributed by atoms with E-state index in [-0.39, 0.29) is 5.41 Å². The smallest absolute Gasteiger partial charge is 0.136 e. The molecule has 0 spiro atoms. The van der Waals surface area contributed by atoms with Crippen LogP contribution in [0.15, 0.2) is 11.6 Å². The molecule has 0 amide bonds. The molecule has 13 heavy (non-hydrogen) atoms. The van der Waals surface area contributed by atoms with Gasteiger partial charge in [-0.25, -0.2) is 0 Å². The van der Waals surface area contributed by atoms with Crippen molar-refractivity contribution in [2.45, 2.75) is 46.0 Å². The number of rotatable bonds is 0. The van der Waals surface area contributed by atoms with E-state index >= 15 is 0 Å². The minimum atomic E-state index is 0.206. The fourth-order valence-electron chi connectivity index (χ4n) is 3.03. The largest absolute Gasteiger partial charge is 0.299 e. The fourth-order valence-corrected chi connectivity index (χ4v) is 3.03. The molecule has 72 valence electrons. The van der Waals surface area contributed by atoms with E-state index in [0.717, 1.165) is 25.7 Å². The second-order valence-electron chi connectivity index (χ2n) is 4.91. The van der Waals surface area contributed by atoms with Crippen LogP contribution in [0.1, 0.15) is 46.0 Å². The summed E-state index contributed by atoms with van der Waals surface area (Å²) in [5.74, 6) is 0.849. The summed E-state index contributed by atoms with van der Waals surface area (Å²) < 4.78 is 0. The van der Waals surface area contributed by atoms with Gasteiger partial charge in [0, 0.05) is 12.3 Å². The molecule has 0 aromatic carbocycles. The molecule has 2 rings (SSSR count). The van der Waals surface area contributed by atoms with E-state index in [1.54, 1.807) is 0 Å². The van der Waals surface area contributed by atoms with Crippen molar-refractivity contribution >= 4 is 5.78 Å².